The van der Waals surface area contributed by atoms with Gasteiger partial charge >= 0.3 is 0 Å². The van der Waals surface area contributed by atoms with Crippen LogP contribution >= 0.6 is 0 Å². The van der Waals surface area contributed by atoms with E-state index in [1.165, 1.54) is 18.9 Å². The van der Waals surface area contributed by atoms with Crippen molar-refractivity contribution in [3.8, 4) is 11.5 Å². The van der Waals surface area contributed by atoms with Crippen molar-refractivity contribution in [1.29, 1.82) is 0 Å². The van der Waals surface area contributed by atoms with Crippen LogP contribution < -0.4 is 14.4 Å². The largest absolute Gasteiger partial charge is 0.496 e. The summed E-state index contributed by atoms with van der Waals surface area (Å²) < 4.78 is 10.5. The molecule has 5 nitrogen and oxygen atoms in total. The second-order valence-electron chi connectivity index (χ2n) is 4.28. The van der Waals surface area contributed by atoms with E-state index >= 15 is 0 Å². The number of rotatable bonds is 5. The Hall–Kier alpha value is -2.04. The van der Waals surface area contributed by atoms with E-state index in [1.54, 1.807) is 26.3 Å². The second-order valence-corrected chi connectivity index (χ2v) is 4.28. The molecule has 0 saturated heterocycles. The maximum absolute atomic E-state index is 11.9. The van der Waals surface area contributed by atoms with Gasteiger partial charge in [0.05, 0.1) is 26.3 Å². The van der Waals surface area contributed by atoms with E-state index in [4.69, 9.17) is 9.47 Å². The molecule has 0 atom stereocenters. The van der Waals surface area contributed by atoms with Crippen molar-refractivity contribution in [2.45, 2.75) is 20.3 Å². The van der Waals surface area contributed by atoms with Crippen molar-refractivity contribution >= 4 is 17.4 Å². The Balaban J connectivity index is 3.16. The molecule has 0 aromatic heterocycles. The number of carbonyl (C=O) groups excluding carboxylic acids is 2. The van der Waals surface area contributed by atoms with Crippen LogP contribution in [-0.4, -0.2) is 33.0 Å². The number of Topliss-reactive ketones (excluding diaryl/α,β-unsaturated/α-hetero) is 1. The van der Waals surface area contributed by atoms with Gasteiger partial charge in [-0.15, -0.1) is 0 Å². The lowest BCUT2D eigenvalue weighted by Gasteiger charge is -2.22. The van der Waals surface area contributed by atoms with E-state index in [-0.39, 0.29) is 18.1 Å². The van der Waals surface area contributed by atoms with E-state index in [0.717, 1.165) is 5.56 Å². The predicted octanol–water partition coefficient (Wildman–Crippen LogP) is 1.95. The van der Waals surface area contributed by atoms with Crippen molar-refractivity contribution < 1.29 is 19.1 Å². The first-order valence-corrected chi connectivity index (χ1v) is 5.90. The lowest BCUT2D eigenvalue weighted by Crippen LogP contribution is -2.28. The van der Waals surface area contributed by atoms with Crippen LogP contribution in [-0.2, 0) is 9.59 Å². The Kier molecular flexibility index (Phi) is 4.92. The molecule has 104 valence electrons. The van der Waals surface area contributed by atoms with E-state index in [1.807, 2.05) is 6.92 Å². The van der Waals surface area contributed by atoms with Crippen LogP contribution in [0.5, 0.6) is 11.5 Å². The van der Waals surface area contributed by atoms with Crippen molar-refractivity contribution in [3.05, 3.63) is 17.7 Å². The number of hydrogen-bond acceptors (Lipinski definition) is 4. The van der Waals surface area contributed by atoms with Crippen LogP contribution in [0.2, 0.25) is 0 Å². The highest BCUT2D eigenvalue weighted by molar-refractivity contribution is 6.05. The minimum Gasteiger partial charge on any atom is -0.496 e. The number of anilines is 1. The number of benzene rings is 1. The molecular weight excluding hydrogens is 246 g/mol. The highest BCUT2D eigenvalue weighted by Gasteiger charge is 2.19. The van der Waals surface area contributed by atoms with Crippen molar-refractivity contribution in [1.82, 2.24) is 0 Å². The molecule has 0 heterocycles. The van der Waals surface area contributed by atoms with E-state index < -0.39 is 0 Å². The molecule has 0 spiro atoms. The molecule has 1 amide bonds. The van der Waals surface area contributed by atoms with Crippen LogP contribution in [0.25, 0.3) is 0 Å². The summed E-state index contributed by atoms with van der Waals surface area (Å²) in [6.45, 7) is 3.24. The van der Waals surface area contributed by atoms with Crippen molar-refractivity contribution in [3.63, 3.8) is 0 Å². The molecule has 0 aliphatic heterocycles. The van der Waals surface area contributed by atoms with Gasteiger partial charge < -0.3 is 14.4 Å². The molecule has 0 unspecified atom stereocenters. The zero-order valence-electron chi connectivity index (χ0n) is 11.9. The van der Waals surface area contributed by atoms with Gasteiger partial charge in [-0.2, -0.15) is 0 Å². The molecule has 0 fully saturated rings. The Morgan fingerprint density at radius 1 is 1.21 bits per heavy atom. The third-order valence-corrected chi connectivity index (χ3v) is 2.90. The lowest BCUT2D eigenvalue weighted by molar-refractivity contribution is -0.125. The Labute approximate surface area is 113 Å². The number of ketones is 1. The molecule has 1 rings (SSSR count). The number of ether oxygens (including phenoxy) is 2. The zero-order chi connectivity index (χ0) is 14.6. The Morgan fingerprint density at radius 2 is 1.84 bits per heavy atom. The summed E-state index contributed by atoms with van der Waals surface area (Å²) in [7, 11) is 4.73. The maximum Gasteiger partial charge on any atom is 0.234 e. The van der Waals surface area contributed by atoms with E-state index in [0.29, 0.717) is 17.2 Å². The topological polar surface area (TPSA) is 55.8 Å². The summed E-state index contributed by atoms with van der Waals surface area (Å²) in [4.78, 5) is 24.3. The first kappa shape index (κ1) is 15.0. The molecule has 5 heteroatoms. The molecule has 1 aromatic carbocycles. The van der Waals surface area contributed by atoms with Crippen molar-refractivity contribution in [2.75, 3.05) is 26.2 Å². The lowest BCUT2D eigenvalue weighted by atomic mass is 10.1. The van der Waals surface area contributed by atoms with Crippen LogP contribution in [0.4, 0.5) is 5.69 Å². The average molecular weight is 265 g/mol. The van der Waals surface area contributed by atoms with Crippen molar-refractivity contribution in [2.24, 2.45) is 0 Å². The van der Waals surface area contributed by atoms with Gasteiger partial charge in [0, 0.05) is 12.6 Å². The second kappa shape index (κ2) is 6.22. The molecule has 0 bridgehead atoms. The zero-order valence-corrected chi connectivity index (χ0v) is 11.9. The van der Waals surface area contributed by atoms with Gasteiger partial charge in [0.25, 0.3) is 0 Å². The number of hydrogen-bond donors (Lipinski definition) is 0. The quantitative estimate of drug-likeness (QED) is 0.764. The third kappa shape index (κ3) is 3.24. The Bertz CT molecular complexity index is 496. The van der Waals surface area contributed by atoms with Crippen LogP contribution in [0.3, 0.4) is 0 Å². The SMILES string of the molecule is COc1ccc(N(C)C(=O)CC(C)=O)c(OC)c1C. The fourth-order valence-corrected chi connectivity index (χ4v) is 1.87. The van der Waals surface area contributed by atoms with Crippen LogP contribution in [0.1, 0.15) is 18.9 Å². The average Bonchev–Trinajstić information content (AvgIpc) is 2.36. The van der Waals surface area contributed by atoms with Gasteiger partial charge in [0.15, 0.2) is 0 Å². The smallest absolute Gasteiger partial charge is 0.234 e. The number of methoxy groups -OCH3 is 2. The Morgan fingerprint density at radius 3 is 2.32 bits per heavy atom. The summed E-state index contributed by atoms with van der Waals surface area (Å²) in [6.07, 6.45) is -0.120. The summed E-state index contributed by atoms with van der Waals surface area (Å²) in [6, 6.07) is 3.51. The monoisotopic (exact) mass is 265 g/mol. The normalized spacial score (nSPS) is 9.95. The predicted molar refractivity (Wildman–Crippen MR) is 73.0 cm³/mol. The first-order chi connectivity index (χ1) is 8.92. The van der Waals surface area contributed by atoms with Gasteiger partial charge in [0.2, 0.25) is 5.91 Å². The minimum absolute atomic E-state index is 0.120. The molecule has 0 aliphatic rings. The molecule has 19 heavy (non-hydrogen) atoms. The fraction of sp³-hybridized carbons (Fsp3) is 0.429. The highest BCUT2D eigenvalue weighted by atomic mass is 16.5. The third-order valence-electron chi connectivity index (χ3n) is 2.90. The molecular formula is C14H19NO4. The fourth-order valence-electron chi connectivity index (χ4n) is 1.87. The number of amides is 1. The maximum atomic E-state index is 11.9. The van der Waals surface area contributed by atoms with Gasteiger partial charge in [-0.25, -0.2) is 0 Å². The first-order valence-electron chi connectivity index (χ1n) is 5.90. The summed E-state index contributed by atoms with van der Waals surface area (Å²) >= 11 is 0. The minimum atomic E-state index is -0.268. The number of carbonyl (C=O) groups is 2. The standard InChI is InChI=1S/C14H19NO4/c1-9(16)8-13(17)15(3)11-6-7-12(18-4)10(2)14(11)19-5/h6-7H,8H2,1-5H3. The number of nitrogens with zero attached hydrogens (tertiary/aromatic N) is 1. The summed E-state index contributed by atoms with van der Waals surface area (Å²) in [5.41, 5.74) is 1.43. The van der Waals surface area contributed by atoms with Crippen LogP contribution in [0, 0.1) is 6.92 Å². The van der Waals surface area contributed by atoms with Gasteiger partial charge in [-0.05, 0) is 26.0 Å². The van der Waals surface area contributed by atoms with Crippen LogP contribution in [0.15, 0.2) is 12.1 Å². The van der Waals surface area contributed by atoms with E-state index in [2.05, 4.69) is 0 Å². The highest BCUT2D eigenvalue weighted by Crippen LogP contribution is 2.36. The van der Waals surface area contributed by atoms with E-state index in [9.17, 15) is 9.59 Å². The molecule has 0 radical (unpaired) electrons. The summed E-state index contributed by atoms with van der Waals surface area (Å²) in [5, 5.41) is 0. The summed E-state index contributed by atoms with van der Waals surface area (Å²) in [5.74, 6) is 0.822. The molecule has 0 N–H and O–H groups in total. The molecule has 0 aliphatic carbocycles. The van der Waals surface area contributed by atoms with Gasteiger partial charge in [-0.3, -0.25) is 9.59 Å². The molecule has 0 saturated carbocycles. The van der Waals surface area contributed by atoms with Gasteiger partial charge in [0.1, 0.15) is 17.3 Å². The molecule has 1 aromatic rings. The van der Waals surface area contributed by atoms with Gasteiger partial charge in [-0.1, -0.05) is 0 Å².